The Kier molecular flexibility index (Phi) is 7.05. The summed E-state index contributed by atoms with van der Waals surface area (Å²) < 4.78 is 5.17. The number of ether oxygens (including phenoxy) is 1. The van der Waals surface area contributed by atoms with Gasteiger partial charge in [0.25, 0.3) is 0 Å². The van der Waals surface area contributed by atoms with Crippen molar-refractivity contribution in [2.75, 3.05) is 6.61 Å². The molecule has 4 nitrogen and oxygen atoms in total. The normalized spacial score (nSPS) is 49.0. The minimum atomic E-state index is -0.230. The molecule has 32 heavy (non-hydrogen) atoms. The fourth-order valence-electron chi connectivity index (χ4n) is 9.71. The summed E-state index contributed by atoms with van der Waals surface area (Å²) in [7, 11) is 0. The van der Waals surface area contributed by atoms with Crippen molar-refractivity contribution in [3.63, 3.8) is 0 Å². The van der Waals surface area contributed by atoms with Crippen LogP contribution in [0.25, 0.3) is 0 Å². The number of carbonyl (C=O) groups is 1. The van der Waals surface area contributed by atoms with Gasteiger partial charge in [-0.1, -0.05) is 34.1 Å². The molecule has 2 N–H and O–H groups in total. The van der Waals surface area contributed by atoms with Crippen molar-refractivity contribution in [2.45, 2.75) is 111 Å². The topological polar surface area (TPSA) is 66.8 Å². The van der Waals surface area contributed by atoms with Gasteiger partial charge in [0.1, 0.15) is 0 Å². The SMILES string of the molecule is CCOC(=O)CC[C@@H](C)C1CC[C@H]2C3C(CC[C@]12C)[C@@]1(C)CC[C@@H](O)C[C@H]1[C@@H](CC)[C@H]3O. The summed E-state index contributed by atoms with van der Waals surface area (Å²) in [6.07, 6.45) is 9.90. The Morgan fingerprint density at radius 1 is 1.00 bits per heavy atom. The van der Waals surface area contributed by atoms with Crippen molar-refractivity contribution in [3.8, 4) is 0 Å². The summed E-state index contributed by atoms with van der Waals surface area (Å²) in [5, 5.41) is 22.2. The first-order chi connectivity index (χ1) is 15.2. The van der Waals surface area contributed by atoms with Gasteiger partial charge in [0.15, 0.2) is 0 Å². The lowest BCUT2D eigenvalue weighted by Gasteiger charge is -2.64. The van der Waals surface area contributed by atoms with Crippen LogP contribution in [0.1, 0.15) is 98.8 Å². The molecular weight excluding hydrogens is 400 g/mol. The highest BCUT2D eigenvalue weighted by Crippen LogP contribution is 2.69. The molecule has 4 fully saturated rings. The third-order valence-electron chi connectivity index (χ3n) is 11.3. The van der Waals surface area contributed by atoms with Gasteiger partial charge in [-0.15, -0.1) is 0 Å². The van der Waals surface area contributed by atoms with Crippen LogP contribution < -0.4 is 0 Å². The highest BCUT2D eigenvalue weighted by Gasteiger charge is 2.64. The van der Waals surface area contributed by atoms with Gasteiger partial charge < -0.3 is 14.9 Å². The fraction of sp³-hybridized carbons (Fsp3) is 0.964. The molecule has 0 bridgehead atoms. The Morgan fingerprint density at radius 2 is 1.69 bits per heavy atom. The average Bonchev–Trinajstić information content (AvgIpc) is 3.11. The predicted octanol–water partition coefficient (Wildman–Crippen LogP) is 5.59. The second kappa shape index (κ2) is 9.21. The quantitative estimate of drug-likeness (QED) is 0.520. The van der Waals surface area contributed by atoms with Crippen molar-refractivity contribution in [3.05, 3.63) is 0 Å². The number of fused-ring (bicyclic) bond motifs is 5. The van der Waals surface area contributed by atoms with Crippen molar-refractivity contribution in [1.29, 1.82) is 0 Å². The lowest BCUT2D eigenvalue weighted by atomic mass is 9.41. The summed E-state index contributed by atoms with van der Waals surface area (Å²) in [6, 6.07) is 0. The maximum Gasteiger partial charge on any atom is 0.305 e. The molecule has 0 saturated heterocycles. The van der Waals surface area contributed by atoms with Gasteiger partial charge in [0.2, 0.25) is 0 Å². The summed E-state index contributed by atoms with van der Waals surface area (Å²) in [6.45, 7) is 11.9. The molecule has 0 aliphatic heterocycles. The molecule has 0 radical (unpaired) electrons. The van der Waals surface area contributed by atoms with E-state index in [0.29, 0.717) is 54.5 Å². The lowest BCUT2D eigenvalue weighted by Crippen LogP contribution is -2.62. The summed E-state index contributed by atoms with van der Waals surface area (Å²) in [5.41, 5.74) is 0.532. The number of hydrogen-bond donors (Lipinski definition) is 2. The predicted molar refractivity (Wildman–Crippen MR) is 127 cm³/mol. The van der Waals surface area contributed by atoms with Crippen molar-refractivity contribution in [2.24, 2.45) is 52.3 Å². The molecule has 4 aliphatic carbocycles. The van der Waals surface area contributed by atoms with Crippen LogP contribution in [-0.4, -0.2) is 35.0 Å². The van der Waals surface area contributed by atoms with Crippen molar-refractivity contribution >= 4 is 5.97 Å². The first-order valence-corrected chi connectivity index (χ1v) is 13.7. The van der Waals surface area contributed by atoms with Gasteiger partial charge in [-0.05, 0) is 111 Å². The number of aliphatic hydroxyl groups is 2. The number of carbonyl (C=O) groups excluding carboxylic acids is 1. The Balaban J connectivity index is 1.55. The van der Waals surface area contributed by atoms with E-state index in [0.717, 1.165) is 32.1 Å². The highest BCUT2D eigenvalue weighted by molar-refractivity contribution is 5.69. The summed E-state index contributed by atoms with van der Waals surface area (Å²) in [4.78, 5) is 11.9. The molecule has 0 heterocycles. The second-order valence-corrected chi connectivity index (χ2v) is 12.4. The third-order valence-corrected chi connectivity index (χ3v) is 11.3. The number of rotatable bonds is 6. The fourth-order valence-corrected chi connectivity index (χ4v) is 9.71. The van der Waals surface area contributed by atoms with Gasteiger partial charge in [0, 0.05) is 6.42 Å². The number of aliphatic hydroxyl groups excluding tert-OH is 2. The zero-order chi connectivity index (χ0) is 23.3. The van der Waals surface area contributed by atoms with Gasteiger partial charge >= 0.3 is 5.97 Å². The summed E-state index contributed by atoms with van der Waals surface area (Å²) >= 11 is 0. The van der Waals surface area contributed by atoms with E-state index in [2.05, 4.69) is 27.7 Å². The van der Waals surface area contributed by atoms with Gasteiger partial charge in [0.05, 0.1) is 18.8 Å². The lowest BCUT2D eigenvalue weighted by molar-refractivity contribution is -0.203. The molecule has 0 spiro atoms. The zero-order valence-corrected chi connectivity index (χ0v) is 21.2. The van der Waals surface area contributed by atoms with Gasteiger partial charge in [-0.3, -0.25) is 4.79 Å². The zero-order valence-electron chi connectivity index (χ0n) is 21.2. The average molecular weight is 449 g/mol. The van der Waals surface area contributed by atoms with E-state index >= 15 is 0 Å². The van der Waals surface area contributed by atoms with E-state index in [1.807, 2.05) is 6.92 Å². The van der Waals surface area contributed by atoms with Gasteiger partial charge in [-0.2, -0.15) is 0 Å². The van der Waals surface area contributed by atoms with Crippen LogP contribution in [0.15, 0.2) is 0 Å². The maximum atomic E-state index is 11.9. The van der Waals surface area contributed by atoms with Crippen molar-refractivity contribution < 1.29 is 19.7 Å². The highest BCUT2D eigenvalue weighted by atomic mass is 16.5. The van der Waals surface area contributed by atoms with E-state index in [1.54, 1.807) is 0 Å². The van der Waals surface area contributed by atoms with E-state index in [4.69, 9.17) is 4.74 Å². The molecule has 4 rings (SSSR count). The molecule has 184 valence electrons. The molecule has 11 atom stereocenters. The van der Waals surface area contributed by atoms with Crippen LogP contribution in [0.5, 0.6) is 0 Å². The molecule has 0 aromatic carbocycles. The minimum absolute atomic E-state index is 0.0605. The number of esters is 1. The Bertz CT molecular complexity index is 678. The monoisotopic (exact) mass is 448 g/mol. The van der Waals surface area contributed by atoms with E-state index < -0.39 is 0 Å². The van der Waals surface area contributed by atoms with Crippen molar-refractivity contribution in [1.82, 2.24) is 0 Å². The number of hydrogen-bond acceptors (Lipinski definition) is 4. The Hall–Kier alpha value is -0.610. The van der Waals surface area contributed by atoms with Crippen LogP contribution in [0, 0.1) is 52.3 Å². The molecule has 4 aliphatic rings. The molecule has 4 saturated carbocycles. The van der Waals surface area contributed by atoms with Gasteiger partial charge in [-0.25, -0.2) is 0 Å². The second-order valence-electron chi connectivity index (χ2n) is 12.4. The molecule has 4 heteroatoms. The van der Waals surface area contributed by atoms with Crippen LogP contribution in [0.4, 0.5) is 0 Å². The van der Waals surface area contributed by atoms with Crippen LogP contribution in [-0.2, 0) is 9.53 Å². The molecule has 0 aromatic heterocycles. The third kappa shape index (κ3) is 3.85. The smallest absolute Gasteiger partial charge is 0.305 e. The summed E-state index contributed by atoms with van der Waals surface area (Å²) in [5.74, 6) is 3.44. The van der Waals surface area contributed by atoms with E-state index in [-0.39, 0.29) is 29.0 Å². The Morgan fingerprint density at radius 3 is 2.38 bits per heavy atom. The standard InChI is InChI=1S/C28H48O4/c1-6-19-23-16-18(29)12-14-28(23,5)22-13-15-27(4)20(9-10-21(27)25(22)26(19)31)17(3)8-11-24(30)32-7-2/h17-23,25-26,29,31H,6-16H2,1-5H3/t17-,18-,19-,20?,21+,22?,23+,25?,26-,27-,28-/m1/s1. The van der Waals surface area contributed by atoms with E-state index in [1.165, 1.54) is 25.7 Å². The first-order valence-electron chi connectivity index (χ1n) is 13.7. The largest absolute Gasteiger partial charge is 0.466 e. The maximum absolute atomic E-state index is 11.9. The van der Waals surface area contributed by atoms with Crippen LogP contribution >= 0.6 is 0 Å². The van der Waals surface area contributed by atoms with Crippen LogP contribution in [0.2, 0.25) is 0 Å². The van der Waals surface area contributed by atoms with Crippen LogP contribution in [0.3, 0.4) is 0 Å². The first kappa shape index (κ1) is 24.5. The molecule has 0 amide bonds. The Labute approximate surface area is 195 Å². The molecule has 0 aromatic rings. The van der Waals surface area contributed by atoms with E-state index in [9.17, 15) is 15.0 Å². The molecule has 3 unspecified atom stereocenters. The molecular formula is C28H48O4. The minimum Gasteiger partial charge on any atom is -0.466 e.